The molecule has 1 N–H and O–H groups in total. The van der Waals surface area contributed by atoms with Crippen molar-refractivity contribution in [3.8, 4) is 0 Å². The Bertz CT molecular complexity index is 1830. The van der Waals surface area contributed by atoms with Gasteiger partial charge in [-0.2, -0.15) is 18.2 Å². The van der Waals surface area contributed by atoms with Crippen LogP contribution >= 0.6 is 0 Å². The molecule has 2 aliphatic heterocycles. The summed E-state index contributed by atoms with van der Waals surface area (Å²) in [6, 6.07) is 8.96. The zero-order valence-corrected chi connectivity index (χ0v) is 25.4. The molecule has 0 bridgehead atoms. The average Bonchev–Trinajstić information content (AvgIpc) is 3.02. The Balaban J connectivity index is 1.27. The van der Waals surface area contributed by atoms with Crippen molar-refractivity contribution in [2.75, 3.05) is 74.1 Å². The maximum absolute atomic E-state index is 15.6. The van der Waals surface area contributed by atoms with Crippen molar-refractivity contribution < 1.29 is 27.5 Å². The second-order valence-electron chi connectivity index (χ2n) is 11.8. The molecule has 0 spiro atoms. The van der Waals surface area contributed by atoms with Crippen LogP contribution in [0.2, 0.25) is 0 Å². The van der Waals surface area contributed by atoms with Crippen molar-refractivity contribution in [3.63, 3.8) is 0 Å². The van der Waals surface area contributed by atoms with Crippen LogP contribution in [0.1, 0.15) is 27.2 Å². The minimum atomic E-state index is -4.51. The number of nitrogens with zero attached hydrogens (tertiary/aromatic N) is 7. The van der Waals surface area contributed by atoms with Gasteiger partial charge in [0.05, 0.1) is 16.8 Å². The Labute approximate surface area is 262 Å². The molecule has 0 unspecified atom stereocenters. The van der Waals surface area contributed by atoms with Crippen molar-refractivity contribution in [3.05, 3.63) is 87.1 Å². The number of hydrogen-bond acceptors (Lipinski definition) is 8. The standard InChI is InChI=1S/C32H33F4N7O3/c1-20-15-28(38-31(37-20)42-9-7-39(2)8-10-42)41-13-11-40(12-14-41)27-17-26-23(16-25(27)33)29(44)24(30(45)46)19-43(26)18-21-3-5-22(6-4-21)32(34,35)36/h3-6,15-17,19H,7-14,18H2,1-2H3,(H,45,46). The lowest BCUT2D eigenvalue weighted by Crippen LogP contribution is -2.48. The highest BCUT2D eigenvalue weighted by Gasteiger charge is 2.30. The van der Waals surface area contributed by atoms with Gasteiger partial charge in [-0.25, -0.2) is 14.2 Å². The van der Waals surface area contributed by atoms with Crippen LogP contribution in [0.4, 0.5) is 35.0 Å². The number of pyridine rings is 1. The van der Waals surface area contributed by atoms with E-state index >= 15 is 4.39 Å². The van der Waals surface area contributed by atoms with Crippen LogP contribution in [-0.2, 0) is 12.7 Å². The van der Waals surface area contributed by atoms with E-state index in [0.717, 1.165) is 62.1 Å². The first-order valence-corrected chi connectivity index (χ1v) is 14.9. The summed E-state index contributed by atoms with van der Waals surface area (Å²) in [5.41, 5.74) is -0.389. The fraction of sp³-hybridized carbons (Fsp3) is 0.375. The summed E-state index contributed by atoms with van der Waals surface area (Å²) in [5, 5.41) is 9.52. The number of hydrogen-bond donors (Lipinski definition) is 1. The largest absolute Gasteiger partial charge is 0.477 e. The van der Waals surface area contributed by atoms with E-state index in [9.17, 15) is 27.9 Å². The quantitative estimate of drug-likeness (QED) is 0.313. The molecule has 4 heterocycles. The predicted octanol–water partition coefficient (Wildman–Crippen LogP) is 4.08. The number of anilines is 3. The summed E-state index contributed by atoms with van der Waals surface area (Å²) in [6.45, 7) is 7.44. The van der Waals surface area contributed by atoms with Crippen molar-refractivity contribution in [2.24, 2.45) is 0 Å². The number of alkyl halides is 3. The van der Waals surface area contributed by atoms with Gasteiger partial charge >= 0.3 is 12.1 Å². The van der Waals surface area contributed by atoms with E-state index in [1.165, 1.54) is 22.8 Å². The number of aromatic carboxylic acids is 1. The fourth-order valence-electron chi connectivity index (χ4n) is 5.94. The lowest BCUT2D eigenvalue weighted by Gasteiger charge is -2.37. The molecule has 2 fully saturated rings. The summed E-state index contributed by atoms with van der Waals surface area (Å²) >= 11 is 0. The third kappa shape index (κ3) is 6.34. The van der Waals surface area contributed by atoms with E-state index in [-0.39, 0.29) is 23.1 Å². The van der Waals surface area contributed by atoms with E-state index in [2.05, 4.69) is 26.7 Å². The van der Waals surface area contributed by atoms with Gasteiger partial charge in [0.1, 0.15) is 17.2 Å². The Morgan fingerprint density at radius 3 is 2.15 bits per heavy atom. The number of halogens is 4. The van der Waals surface area contributed by atoms with Crippen molar-refractivity contribution in [1.29, 1.82) is 0 Å². The highest BCUT2D eigenvalue weighted by Crippen LogP contribution is 2.31. The van der Waals surface area contributed by atoms with Crippen molar-refractivity contribution in [2.45, 2.75) is 19.6 Å². The number of carbonyl (C=O) groups is 1. The smallest absolute Gasteiger partial charge is 0.416 e. The van der Waals surface area contributed by atoms with Gasteiger partial charge in [-0.15, -0.1) is 0 Å². The number of fused-ring (bicyclic) bond motifs is 1. The van der Waals surface area contributed by atoms with Gasteiger partial charge in [0, 0.05) is 82.2 Å². The molecule has 242 valence electrons. The summed E-state index contributed by atoms with van der Waals surface area (Å²) in [5.74, 6) is -0.661. The van der Waals surface area contributed by atoms with E-state index in [4.69, 9.17) is 4.98 Å². The maximum Gasteiger partial charge on any atom is 0.416 e. The predicted molar refractivity (Wildman–Crippen MR) is 167 cm³/mol. The highest BCUT2D eigenvalue weighted by atomic mass is 19.4. The number of aryl methyl sites for hydroxylation is 1. The van der Waals surface area contributed by atoms with Gasteiger partial charge in [-0.1, -0.05) is 12.1 Å². The van der Waals surface area contributed by atoms with Crippen LogP contribution in [0.3, 0.4) is 0 Å². The number of likely N-dealkylation sites (N-methyl/N-ethyl adjacent to an activating group) is 1. The lowest BCUT2D eigenvalue weighted by molar-refractivity contribution is -0.137. The van der Waals surface area contributed by atoms with Crippen molar-refractivity contribution >= 4 is 34.3 Å². The first kappa shape index (κ1) is 31.3. The Kier molecular flexibility index (Phi) is 8.32. The van der Waals surface area contributed by atoms with Crippen LogP contribution in [0.25, 0.3) is 10.9 Å². The van der Waals surface area contributed by atoms with Crippen molar-refractivity contribution in [1.82, 2.24) is 19.4 Å². The van der Waals surface area contributed by atoms with Crippen LogP contribution in [-0.4, -0.2) is 89.9 Å². The van der Waals surface area contributed by atoms with Gasteiger partial charge in [0.2, 0.25) is 11.4 Å². The third-order valence-corrected chi connectivity index (χ3v) is 8.57. The Morgan fingerprint density at radius 2 is 1.52 bits per heavy atom. The molecule has 0 amide bonds. The van der Waals surface area contributed by atoms with Crippen LogP contribution in [0.5, 0.6) is 0 Å². The van der Waals surface area contributed by atoms with Gasteiger partial charge in [0.25, 0.3) is 0 Å². The molecule has 46 heavy (non-hydrogen) atoms. The molecular formula is C32H33F4N7O3. The highest BCUT2D eigenvalue weighted by molar-refractivity contribution is 5.93. The van der Waals surface area contributed by atoms with Crippen LogP contribution in [0, 0.1) is 12.7 Å². The summed E-state index contributed by atoms with van der Waals surface area (Å²) in [4.78, 5) is 42.8. The summed E-state index contributed by atoms with van der Waals surface area (Å²) in [6.07, 6.45) is -3.35. The van der Waals surface area contributed by atoms with E-state index in [1.54, 1.807) is 0 Å². The number of carboxylic acids is 1. The van der Waals surface area contributed by atoms with Gasteiger partial charge in [-0.05, 0) is 43.8 Å². The summed E-state index contributed by atoms with van der Waals surface area (Å²) < 4.78 is 56.3. The molecule has 0 atom stereocenters. The number of aromatic nitrogens is 3. The molecular weight excluding hydrogens is 606 g/mol. The molecule has 2 aliphatic rings. The molecule has 0 aliphatic carbocycles. The number of piperazine rings is 2. The molecule has 2 aromatic carbocycles. The SMILES string of the molecule is Cc1cc(N2CCN(c3cc4c(cc3F)c(=O)c(C(=O)O)cn4Cc3ccc(C(F)(F)F)cc3)CC2)nc(N2CCN(C)CC2)n1. The normalized spacial score (nSPS) is 16.3. The molecule has 10 nitrogen and oxygen atoms in total. The molecule has 2 aromatic heterocycles. The first-order valence-electron chi connectivity index (χ1n) is 14.9. The second-order valence-corrected chi connectivity index (χ2v) is 11.8. The molecule has 0 radical (unpaired) electrons. The molecule has 0 saturated carbocycles. The monoisotopic (exact) mass is 639 g/mol. The summed E-state index contributed by atoms with van der Waals surface area (Å²) in [7, 11) is 2.09. The Morgan fingerprint density at radius 1 is 0.891 bits per heavy atom. The zero-order valence-electron chi connectivity index (χ0n) is 25.4. The van der Waals surface area contributed by atoms with E-state index in [1.807, 2.05) is 17.9 Å². The molecule has 4 aromatic rings. The minimum absolute atomic E-state index is 0.0310. The first-order chi connectivity index (χ1) is 21.9. The number of rotatable bonds is 6. The van der Waals surface area contributed by atoms with Gasteiger partial charge in [-0.3, -0.25) is 4.79 Å². The third-order valence-electron chi connectivity index (χ3n) is 8.57. The van der Waals surface area contributed by atoms with Crippen LogP contribution < -0.4 is 20.1 Å². The van der Waals surface area contributed by atoms with Gasteiger partial charge < -0.3 is 29.3 Å². The van der Waals surface area contributed by atoms with Crippen LogP contribution in [0.15, 0.2) is 53.5 Å². The topological polar surface area (TPSA) is 98.0 Å². The zero-order chi connectivity index (χ0) is 32.7. The van der Waals surface area contributed by atoms with Gasteiger partial charge in [0.15, 0.2) is 0 Å². The molecule has 14 heteroatoms. The minimum Gasteiger partial charge on any atom is -0.477 e. The Hall–Kier alpha value is -4.72. The average molecular weight is 640 g/mol. The second kappa shape index (κ2) is 12.2. The maximum atomic E-state index is 15.6. The van der Waals surface area contributed by atoms with E-state index < -0.39 is 34.5 Å². The lowest BCUT2D eigenvalue weighted by atomic mass is 10.1. The van der Waals surface area contributed by atoms with E-state index in [0.29, 0.717) is 37.7 Å². The molecule has 6 rings (SSSR count). The molecule has 2 saturated heterocycles. The number of benzene rings is 2. The fourth-order valence-corrected chi connectivity index (χ4v) is 5.94. The number of carboxylic acid groups (broad SMARTS) is 1.